The van der Waals surface area contributed by atoms with Crippen LogP contribution in [0.15, 0.2) is 0 Å². The normalized spacial score (nSPS) is 13.1. The maximum absolute atomic E-state index is 6.00. The van der Waals surface area contributed by atoms with Gasteiger partial charge < -0.3 is 4.43 Å². The number of rotatable bonds is 20. The molecule has 0 aliphatic rings. The minimum Gasteiger partial charge on any atom is -0.424 e. The first-order chi connectivity index (χ1) is 11.8. The molecule has 0 spiro atoms. The predicted molar refractivity (Wildman–Crippen MR) is 114 cm³/mol. The molecule has 0 bridgehead atoms. The fourth-order valence-corrected chi connectivity index (χ4v) is 4.56. The van der Waals surface area contributed by atoms with Crippen molar-refractivity contribution in [3.63, 3.8) is 0 Å². The second kappa shape index (κ2) is 21.2. The van der Waals surface area contributed by atoms with Gasteiger partial charge in [-0.3, -0.25) is 0 Å². The van der Waals surface area contributed by atoms with E-state index in [0.717, 1.165) is 12.1 Å². The molecule has 1 nitrogen and oxygen atoms in total. The smallest absolute Gasteiger partial charge is 0.164 e. The van der Waals surface area contributed by atoms with Crippen molar-refractivity contribution in [1.29, 1.82) is 0 Å². The third kappa shape index (κ3) is 20.2. The average Bonchev–Trinajstić information content (AvgIpc) is 2.59. The van der Waals surface area contributed by atoms with Crippen LogP contribution in [-0.2, 0) is 4.43 Å². The Balaban J connectivity index is 3.11. The molecule has 146 valence electrons. The molecule has 0 aliphatic carbocycles. The lowest BCUT2D eigenvalue weighted by molar-refractivity contribution is 0.313. The van der Waals surface area contributed by atoms with E-state index in [1.54, 1.807) is 0 Å². The standard InChI is InChI=1S/C22H48OSi/c1-4-6-8-10-12-13-15-17-19-21-23-24-22(3)20-18-16-14-11-9-7-5-2/h22H,4-21,24H2,1-3H3. The van der Waals surface area contributed by atoms with Gasteiger partial charge >= 0.3 is 0 Å². The molecule has 2 heteroatoms. The van der Waals surface area contributed by atoms with Crippen LogP contribution in [0.25, 0.3) is 0 Å². The zero-order valence-corrected chi connectivity index (χ0v) is 18.8. The Labute approximate surface area is 156 Å². The summed E-state index contributed by atoms with van der Waals surface area (Å²) >= 11 is 0. The fourth-order valence-electron chi connectivity index (χ4n) is 3.33. The van der Waals surface area contributed by atoms with E-state index in [1.807, 2.05) is 0 Å². The molecule has 0 aromatic heterocycles. The van der Waals surface area contributed by atoms with E-state index in [2.05, 4.69) is 20.8 Å². The fraction of sp³-hybridized carbons (Fsp3) is 1.00. The molecule has 0 aliphatic heterocycles. The summed E-state index contributed by atoms with van der Waals surface area (Å²) < 4.78 is 6.00. The van der Waals surface area contributed by atoms with Crippen LogP contribution >= 0.6 is 0 Å². The Morgan fingerprint density at radius 2 is 1.00 bits per heavy atom. The molecule has 0 saturated carbocycles. The first-order valence-electron chi connectivity index (χ1n) is 11.4. The van der Waals surface area contributed by atoms with Gasteiger partial charge in [0, 0.05) is 6.61 Å². The lowest BCUT2D eigenvalue weighted by Crippen LogP contribution is -2.06. The third-order valence-corrected chi connectivity index (χ3v) is 6.60. The van der Waals surface area contributed by atoms with E-state index in [1.165, 1.54) is 109 Å². The van der Waals surface area contributed by atoms with Crippen LogP contribution in [-0.4, -0.2) is 16.4 Å². The van der Waals surface area contributed by atoms with E-state index in [-0.39, 0.29) is 9.76 Å². The van der Waals surface area contributed by atoms with Gasteiger partial charge in [0.15, 0.2) is 9.76 Å². The lowest BCUT2D eigenvalue weighted by atomic mass is 10.1. The minimum atomic E-state index is -0.265. The summed E-state index contributed by atoms with van der Waals surface area (Å²) in [6.45, 7) is 8.04. The summed E-state index contributed by atoms with van der Waals surface area (Å²) in [6.07, 6.45) is 24.1. The lowest BCUT2D eigenvalue weighted by Gasteiger charge is -2.11. The van der Waals surface area contributed by atoms with Crippen molar-refractivity contribution in [2.24, 2.45) is 0 Å². The Bertz CT molecular complexity index is 220. The Morgan fingerprint density at radius 1 is 0.583 bits per heavy atom. The van der Waals surface area contributed by atoms with Gasteiger partial charge in [0.2, 0.25) is 0 Å². The highest BCUT2D eigenvalue weighted by Gasteiger charge is 2.03. The number of unbranched alkanes of at least 4 members (excludes halogenated alkanes) is 14. The molecule has 0 aromatic carbocycles. The van der Waals surface area contributed by atoms with Crippen LogP contribution in [0.2, 0.25) is 5.54 Å². The van der Waals surface area contributed by atoms with Crippen LogP contribution in [0.4, 0.5) is 0 Å². The van der Waals surface area contributed by atoms with Crippen molar-refractivity contribution in [2.45, 2.75) is 135 Å². The zero-order valence-electron chi connectivity index (χ0n) is 17.4. The predicted octanol–water partition coefficient (Wildman–Crippen LogP) is 7.57. The van der Waals surface area contributed by atoms with Gasteiger partial charge in [0.25, 0.3) is 0 Å². The van der Waals surface area contributed by atoms with E-state index in [9.17, 15) is 0 Å². The zero-order chi connectivity index (χ0) is 17.7. The molecular weight excluding hydrogens is 308 g/mol. The van der Waals surface area contributed by atoms with Crippen LogP contribution in [0, 0.1) is 0 Å². The van der Waals surface area contributed by atoms with Gasteiger partial charge in [0.1, 0.15) is 0 Å². The van der Waals surface area contributed by atoms with E-state index in [0.29, 0.717) is 0 Å². The second-order valence-corrected chi connectivity index (χ2v) is 10.1. The van der Waals surface area contributed by atoms with E-state index in [4.69, 9.17) is 4.43 Å². The second-order valence-electron chi connectivity index (χ2n) is 7.92. The molecule has 24 heavy (non-hydrogen) atoms. The number of hydrogen-bond acceptors (Lipinski definition) is 1. The van der Waals surface area contributed by atoms with Gasteiger partial charge in [-0.1, -0.05) is 124 Å². The van der Waals surface area contributed by atoms with Gasteiger partial charge in [-0.15, -0.1) is 0 Å². The van der Waals surface area contributed by atoms with Crippen molar-refractivity contribution in [1.82, 2.24) is 0 Å². The maximum Gasteiger partial charge on any atom is 0.164 e. The van der Waals surface area contributed by atoms with Gasteiger partial charge in [-0.25, -0.2) is 0 Å². The van der Waals surface area contributed by atoms with Gasteiger partial charge in [-0.05, 0) is 12.0 Å². The first-order valence-corrected chi connectivity index (χ1v) is 12.8. The van der Waals surface area contributed by atoms with Crippen molar-refractivity contribution < 1.29 is 4.43 Å². The van der Waals surface area contributed by atoms with Crippen LogP contribution in [0.1, 0.15) is 130 Å². The molecule has 0 rings (SSSR count). The summed E-state index contributed by atoms with van der Waals surface area (Å²) in [5, 5.41) is 0. The summed E-state index contributed by atoms with van der Waals surface area (Å²) in [5.41, 5.74) is 0.888. The summed E-state index contributed by atoms with van der Waals surface area (Å²) in [7, 11) is -0.265. The van der Waals surface area contributed by atoms with E-state index >= 15 is 0 Å². The van der Waals surface area contributed by atoms with Crippen LogP contribution in [0.5, 0.6) is 0 Å². The monoisotopic (exact) mass is 356 g/mol. The van der Waals surface area contributed by atoms with Crippen molar-refractivity contribution in [3.05, 3.63) is 0 Å². The van der Waals surface area contributed by atoms with Crippen molar-refractivity contribution in [2.75, 3.05) is 6.61 Å². The summed E-state index contributed by atoms with van der Waals surface area (Å²) in [6, 6.07) is 0. The molecule has 1 unspecified atom stereocenters. The molecule has 0 N–H and O–H groups in total. The SMILES string of the molecule is CCCCCCCCCCCO[SiH2]C(C)CCCCCCCCC. The molecule has 0 aromatic rings. The highest BCUT2D eigenvalue weighted by Crippen LogP contribution is 2.16. The molecule has 1 atom stereocenters. The highest BCUT2D eigenvalue weighted by atomic mass is 28.2. The molecule has 0 radical (unpaired) electrons. The van der Waals surface area contributed by atoms with Gasteiger partial charge in [-0.2, -0.15) is 0 Å². The average molecular weight is 357 g/mol. The van der Waals surface area contributed by atoms with Crippen molar-refractivity contribution in [3.8, 4) is 0 Å². The topological polar surface area (TPSA) is 9.23 Å². The Hall–Kier alpha value is 0.177. The van der Waals surface area contributed by atoms with E-state index < -0.39 is 0 Å². The van der Waals surface area contributed by atoms with Crippen LogP contribution in [0.3, 0.4) is 0 Å². The maximum atomic E-state index is 6.00. The molecular formula is C22H48OSi. The Kier molecular flexibility index (Phi) is 21.4. The summed E-state index contributed by atoms with van der Waals surface area (Å²) in [4.78, 5) is 0. The minimum absolute atomic E-state index is 0.265. The largest absolute Gasteiger partial charge is 0.424 e. The number of hydrogen-bond donors (Lipinski definition) is 0. The molecule has 0 fully saturated rings. The van der Waals surface area contributed by atoms with Crippen molar-refractivity contribution >= 4 is 9.76 Å². The van der Waals surface area contributed by atoms with Crippen LogP contribution < -0.4 is 0 Å². The molecule has 0 amide bonds. The summed E-state index contributed by atoms with van der Waals surface area (Å²) in [5.74, 6) is 0. The quantitative estimate of drug-likeness (QED) is 0.161. The molecule has 0 heterocycles. The highest BCUT2D eigenvalue weighted by molar-refractivity contribution is 6.29. The van der Waals surface area contributed by atoms with Gasteiger partial charge in [0.05, 0.1) is 0 Å². The third-order valence-electron chi connectivity index (χ3n) is 5.10. The Morgan fingerprint density at radius 3 is 1.50 bits per heavy atom. The first kappa shape index (κ1) is 24.2. The molecule has 0 saturated heterocycles.